The molecule has 84 valence electrons. The van der Waals surface area contributed by atoms with Crippen LogP contribution in [0, 0.1) is 0 Å². The number of aromatic nitrogens is 1. The molecule has 0 aliphatic carbocycles. The van der Waals surface area contributed by atoms with Gasteiger partial charge in [0.05, 0.1) is 12.0 Å². The van der Waals surface area contributed by atoms with Crippen molar-refractivity contribution in [1.82, 2.24) is 4.98 Å². The number of carboxylic acids is 1. The van der Waals surface area contributed by atoms with E-state index >= 15 is 0 Å². The van der Waals surface area contributed by atoms with E-state index < -0.39 is 5.97 Å². The van der Waals surface area contributed by atoms with Gasteiger partial charge in [-0.05, 0) is 18.1 Å². The fourth-order valence-electron chi connectivity index (χ4n) is 1.38. The van der Waals surface area contributed by atoms with Crippen LogP contribution < -0.4 is 0 Å². The van der Waals surface area contributed by atoms with Crippen LogP contribution in [0.5, 0.6) is 0 Å². The molecule has 5 nitrogen and oxygen atoms in total. The monoisotopic (exact) mass is 221 g/mol. The Morgan fingerprint density at radius 1 is 1.50 bits per heavy atom. The second-order valence-electron chi connectivity index (χ2n) is 3.67. The molecule has 0 unspecified atom stereocenters. The summed E-state index contributed by atoms with van der Waals surface area (Å²) < 4.78 is 10.3. The molecule has 0 amide bonds. The first-order chi connectivity index (χ1) is 7.59. The highest BCUT2D eigenvalue weighted by Gasteiger charge is 2.23. The molecule has 2 heterocycles. The molecule has 0 saturated carbocycles. The average Bonchev–Trinajstić information content (AvgIpc) is 2.86. The van der Waals surface area contributed by atoms with Crippen molar-refractivity contribution in [2.75, 3.05) is 0 Å². The van der Waals surface area contributed by atoms with Crippen molar-refractivity contribution in [1.29, 1.82) is 0 Å². The maximum atomic E-state index is 10.9. The molecule has 1 N–H and O–H groups in total. The van der Waals surface area contributed by atoms with Crippen LogP contribution in [0.25, 0.3) is 11.7 Å². The van der Waals surface area contributed by atoms with Gasteiger partial charge in [-0.1, -0.05) is 13.8 Å². The van der Waals surface area contributed by atoms with Crippen molar-refractivity contribution in [2.45, 2.75) is 19.8 Å². The fraction of sp³-hybridized carbons (Fsp3) is 0.273. The summed E-state index contributed by atoms with van der Waals surface area (Å²) in [6, 6.07) is 3.36. The molecule has 0 atom stereocenters. The van der Waals surface area contributed by atoms with Crippen LogP contribution in [0.15, 0.2) is 27.2 Å². The zero-order valence-corrected chi connectivity index (χ0v) is 8.93. The Labute approximate surface area is 91.7 Å². The first-order valence-corrected chi connectivity index (χ1v) is 4.87. The maximum absolute atomic E-state index is 10.9. The summed E-state index contributed by atoms with van der Waals surface area (Å²) in [6.07, 6.45) is 1.48. The highest BCUT2D eigenvalue weighted by molar-refractivity contribution is 5.86. The van der Waals surface area contributed by atoms with Crippen molar-refractivity contribution in [3.63, 3.8) is 0 Å². The summed E-state index contributed by atoms with van der Waals surface area (Å²) in [5.74, 6) is -0.630. The molecule has 0 saturated heterocycles. The van der Waals surface area contributed by atoms with E-state index in [1.54, 1.807) is 12.1 Å². The topological polar surface area (TPSA) is 76.5 Å². The number of rotatable bonds is 3. The zero-order valence-electron chi connectivity index (χ0n) is 8.93. The number of nitrogens with zero attached hydrogens (tertiary/aromatic N) is 1. The van der Waals surface area contributed by atoms with E-state index in [2.05, 4.69) is 4.98 Å². The zero-order chi connectivity index (χ0) is 11.7. The predicted octanol–water partition coefficient (Wildman–Crippen LogP) is 2.76. The van der Waals surface area contributed by atoms with Crippen LogP contribution in [-0.2, 0) is 0 Å². The van der Waals surface area contributed by atoms with Crippen LogP contribution in [-0.4, -0.2) is 16.1 Å². The van der Waals surface area contributed by atoms with Gasteiger partial charge in [0.25, 0.3) is 5.89 Å². The minimum absolute atomic E-state index is 0.0152. The van der Waals surface area contributed by atoms with Gasteiger partial charge in [0.2, 0.25) is 5.76 Å². The van der Waals surface area contributed by atoms with Crippen LogP contribution >= 0.6 is 0 Å². The molecule has 2 aromatic rings. The molecular formula is C11H11NO4. The summed E-state index contributed by atoms with van der Waals surface area (Å²) in [7, 11) is 0. The Kier molecular flexibility index (Phi) is 2.52. The number of oxazole rings is 1. The van der Waals surface area contributed by atoms with Gasteiger partial charge < -0.3 is 13.9 Å². The van der Waals surface area contributed by atoms with Crippen molar-refractivity contribution >= 4 is 5.97 Å². The lowest BCUT2D eigenvalue weighted by molar-refractivity contribution is 0.0661. The van der Waals surface area contributed by atoms with Crippen molar-refractivity contribution in [3.8, 4) is 11.7 Å². The second kappa shape index (κ2) is 3.84. The summed E-state index contributed by atoms with van der Waals surface area (Å²) in [5.41, 5.74) is 0.430. The van der Waals surface area contributed by atoms with Crippen LogP contribution in [0.4, 0.5) is 0 Å². The minimum atomic E-state index is -1.12. The second-order valence-corrected chi connectivity index (χ2v) is 3.67. The van der Waals surface area contributed by atoms with Crippen LogP contribution in [0.2, 0.25) is 0 Å². The quantitative estimate of drug-likeness (QED) is 0.862. The summed E-state index contributed by atoms with van der Waals surface area (Å²) in [5, 5.41) is 8.96. The van der Waals surface area contributed by atoms with E-state index in [-0.39, 0.29) is 17.6 Å². The van der Waals surface area contributed by atoms with E-state index in [9.17, 15) is 4.79 Å². The molecule has 0 fully saturated rings. The molecule has 0 spiro atoms. The lowest BCUT2D eigenvalue weighted by Crippen LogP contribution is -2.01. The predicted molar refractivity (Wildman–Crippen MR) is 55.3 cm³/mol. The Balaban J connectivity index is 2.51. The van der Waals surface area contributed by atoms with E-state index in [1.807, 2.05) is 13.8 Å². The van der Waals surface area contributed by atoms with Crippen LogP contribution in [0.3, 0.4) is 0 Å². The highest BCUT2D eigenvalue weighted by atomic mass is 16.4. The Morgan fingerprint density at radius 3 is 2.69 bits per heavy atom. The van der Waals surface area contributed by atoms with Gasteiger partial charge in [0.1, 0.15) is 0 Å². The first-order valence-electron chi connectivity index (χ1n) is 4.87. The molecule has 0 radical (unpaired) electrons. The van der Waals surface area contributed by atoms with Gasteiger partial charge in [-0.25, -0.2) is 9.78 Å². The van der Waals surface area contributed by atoms with Gasteiger partial charge in [-0.3, -0.25) is 0 Å². The Morgan fingerprint density at radius 2 is 2.25 bits per heavy atom. The number of hydrogen-bond donors (Lipinski definition) is 1. The van der Waals surface area contributed by atoms with Gasteiger partial charge in [0, 0.05) is 0 Å². The van der Waals surface area contributed by atoms with Gasteiger partial charge >= 0.3 is 5.97 Å². The standard InChI is InChI=1S/C11H11NO4/c1-6(2)8-9(11(13)14)16-10(12-8)7-4-3-5-15-7/h3-6H,1-2H3,(H,13,14). The molecule has 2 aromatic heterocycles. The number of furan rings is 1. The van der Waals surface area contributed by atoms with E-state index in [4.69, 9.17) is 13.9 Å². The van der Waals surface area contributed by atoms with E-state index in [0.717, 1.165) is 0 Å². The van der Waals surface area contributed by atoms with Gasteiger partial charge in [-0.2, -0.15) is 0 Å². The third-order valence-corrected chi connectivity index (χ3v) is 2.13. The number of carbonyl (C=O) groups is 1. The van der Waals surface area contributed by atoms with E-state index in [0.29, 0.717) is 11.5 Å². The van der Waals surface area contributed by atoms with Crippen molar-refractivity contribution in [3.05, 3.63) is 29.9 Å². The SMILES string of the molecule is CC(C)c1nc(-c2ccco2)oc1C(=O)O. The molecular weight excluding hydrogens is 210 g/mol. The van der Waals surface area contributed by atoms with E-state index in [1.165, 1.54) is 6.26 Å². The fourth-order valence-corrected chi connectivity index (χ4v) is 1.38. The normalized spacial score (nSPS) is 10.9. The van der Waals surface area contributed by atoms with Crippen LogP contribution in [0.1, 0.15) is 36.0 Å². The lowest BCUT2D eigenvalue weighted by Gasteiger charge is -1.98. The number of hydrogen-bond acceptors (Lipinski definition) is 4. The summed E-state index contributed by atoms with van der Waals surface area (Å²) in [4.78, 5) is 15.1. The molecule has 0 aromatic carbocycles. The number of aromatic carboxylic acids is 1. The number of carboxylic acid groups (broad SMARTS) is 1. The third kappa shape index (κ3) is 1.71. The highest BCUT2D eigenvalue weighted by Crippen LogP contribution is 2.26. The maximum Gasteiger partial charge on any atom is 0.373 e. The first kappa shape index (κ1) is 10.5. The molecule has 0 aliphatic heterocycles. The summed E-state index contributed by atoms with van der Waals surface area (Å²) in [6.45, 7) is 3.71. The van der Waals surface area contributed by atoms with Crippen molar-refractivity contribution < 1.29 is 18.7 Å². The summed E-state index contributed by atoms with van der Waals surface area (Å²) >= 11 is 0. The van der Waals surface area contributed by atoms with Crippen molar-refractivity contribution in [2.24, 2.45) is 0 Å². The molecule has 0 bridgehead atoms. The smallest absolute Gasteiger partial charge is 0.373 e. The Bertz CT molecular complexity index is 496. The molecule has 2 rings (SSSR count). The van der Waals surface area contributed by atoms with Gasteiger partial charge in [0.15, 0.2) is 5.76 Å². The largest absolute Gasteiger partial charge is 0.475 e. The minimum Gasteiger partial charge on any atom is -0.475 e. The Hall–Kier alpha value is -2.04. The third-order valence-electron chi connectivity index (χ3n) is 2.13. The van der Waals surface area contributed by atoms with Gasteiger partial charge in [-0.15, -0.1) is 0 Å². The molecule has 16 heavy (non-hydrogen) atoms. The molecule has 0 aliphatic rings. The lowest BCUT2D eigenvalue weighted by atomic mass is 10.1. The molecule has 5 heteroatoms. The average molecular weight is 221 g/mol.